The molecule has 0 amide bonds. The molecule has 1 aliphatic rings. The molecule has 1 aliphatic heterocycles. The average molecular weight is 524 g/mol. The lowest BCUT2D eigenvalue weighted by molar-refractivity contribution is -0.212. The van der Waals surface area contributed by atoms with Crippen molar-refractivity contribution >= 4 is 39.8 Å². The molecule has 1 aromatic rings. The number of nitriles is 1. The van der Waals surface area contributed by atoms with E-state index in [2.05, 4.69) is 22.0 Å². The zero-order valence-electron chi connectivity index (χ0n) is 18.3. The summed E-state index contributed by atoms with van der Waals surface area (Å²) in [5.74, 6) is -2.98. The Bertz CT molecular complexity index is 1010. The molecule has 0 unspecified atom stereocenters. The summed E-state index contributed by atoms with van der Waals surface area (Å²) in [6.45, 7) is 4.59. The average Bonchev–Trinajstić information content (AvgIpc) is 2.73. The Morgan fingerprint density at radius 1 is 1.00 bits per heavy atom. The molecule has 1 aromatic carbocycles. The van der Waals surface area contributed by atoms with Gasteiger partial charge in [-0.15, -0.1) is 0 Å². The van der Waals surface area contributed by atoms with E-state index in [0.717, 1.165) is 34.0 Å². The molecule has 10 nitrogen and oxygen atoms in total. The molecule has 11 heteroatoms. The summed E-state index contributed by atoms with van der Waals surface area (Å²) in [7, 11) is 0. The van der Waals surface area contributed by atoms with Crippen molar-refractivity contribution in [1.29, 1.82) is 5.26 Å². The lowest BCUT2D eigenvalue weighted by Crippen LogP contribution is -2.53. The van der Waals surface area contributed by atoms with E-state index < -0.39 is 48.3 Å². The molecular weight excluding hydrogens is 502 g/mol. The van der Waals surface area contributed by atoms with Crippen LogP contribution in [0.3, 0.4) is 0 Å². The zero-order chi connectivity index (χ0) is 24.7. The molecule has 0 saturated carbocycles. The molecule has 0 spiro atoms. The Morgan fingerprint density at radius 3 is 2.12 bits per heavy atom. The lowest BCUT2D eigenvalue weighted by Gasteiger charge is -2.42. The number of carbonyl (C=O) groups is 4. The fraction of sp³-hybridized carbons (Fsp3) is 0.409. The van der Waals surface area contributed by atoms with E-state index >= 15 is 0 Å². The quantitative estimate of drug-likeness (QED) is 0.236. The van der Waals surface area contributed by atoms with Crippen LogP contribution in [-0.2, 0) is 48.2 Å². The predicted octanol–water partition coefficient (Wildman–Crippen LogP) is 2.72. The molecule has 176 valence electrons. The fourth-order valence-electron chi connectivity index (χ4n) is 3.24. The van der Waals surface area contributed by atoms with Gasteiger partial charge in [0, 0.05) is 33.0 Å². The molecule has 0 aliphatic carbocycles. The molecule has 0 aromatic heterocycles. The van der Waals surface area contributed by atoms with Gasteiger partial charge in [-0.2, -0.15) is 5.26 Å². The summed E-state index contributed by atoms with van der Waals surface area (Å²) in [5, 5.41) is 9.67. The van der Waals surface area contributed by atoms with Gasteiger partial charge in [0.25, 0.3) is 0 Å². The van der Waals surface area contributed by atoms with Crippen LogP contribution in [0.2, 0.25) is 0 Å². The Kier molecular flexibility index (Phi) is 8.99. The summed E-state index contributed by atoms with van der Waals surface area (Å²) < 4.78 is 27.0. The highest BCUT2D eigenvalue weighted by Crippen LogP contribution is 2.39. The summed E-state index contributed by atoms with van der Waals surface area (Å²) in [4.78, 5) is 46.9. The minimum absolute atomic E-state index is 0.134. The number of alkyl halides is 1. The Balaban J connectivity index is 2.67. The smallest absolute Gasteiger partial charge is 0.307 e. The van der Waals surface area contributed by atoms with Crippen molar-refractivity contribution in [3.63, 3.8) is 0 Å². The first-order valence-corrected chi connectivity index (χ1v) is 10.8. The van der Waals surface area contributed by atoms with Gasteiger partial charge in [0.1, 0.15) is 6.26 Å². The Morgan fingerprint density at radius 2 is 1.61 bits per heavy atom. The fourth-order valence-corrected chi connectivity index (χ4v) is 3.70. The van der Waals surface area contributed by atoms with E-state index in [9.17, 15) is 24.4 Å². The normalized spacial score (nSPS) is 23.0. The number of nitrogens with zero attached hydrogens (tertiary/aromatic N) is 1. The van der Waals surface area contributed by atoms with E-state index in [1.807, 2.05) is 0 Å². The Hall–Kier alpha value is -3.39. The van der Waals surface area contributed by atoms with Crippen LogP contribution in [0.1, 0.15) is 50.5 Å². The standard InChI is InChI=1S/C22H22BrNO9/c1-11(25)29-10-18-20(30-12(2)26)22(32-14(4)28)21(31-13(3)27)19(33-18)15-5-6-16(9-24)17(7-15)8-23/h5-7,10,19-22H,8H2,1-4H3/b18-10+/t19-,20+,21-,22-/m0/s1. The summed E-state index contributed by atoms with van der Waals surface area (Å²) >= 11 is 3.32. The van der Waals surface area contributed by atoms with Gasteiger partial charge in [0.15, 0.2) is 24.1 Å². The molecule has 4 atom stereocenters. The third kappa shape index (κ3) is 6.79. The summed E-state index contributed by atoms with van der Waals surface area (Å²) in [5.41, 5.74) is 1.53. The third-order valence-electron chi connectivity index (χ3n) is 4.42. The minimum Gasteiger partial charge on any atom is -0.479 e. The highest BCUT2D eigenvalue weighted by atomic mass is 79.9. The number of esters is 4. The molecule has 0 bridgehead atoms. The number of hydrogen-bond acceptors (Lipinski definition) is 10. The maximum absolute atomic E-state index is 11.9. The van der Waals surface area contributed by atoms with Gasteiger partial charge in [-0.05, 0) is 23.3 Å². The molecular formula is C22H22BrNO9. The van der Waals surface area contributed by atoms with Crippen LogP contribution in [0.25, 0.3) is 0 Å². The first-order chi connectivity index (χ1) is 15.6. The van der Waals surface area contributed by atoms with E-state index in [0.29, 0.717) is 22.0 Å². The van der Waals surface area contributed by atoms with Crippen molar-refractivity contribution in [1.82, 2.24) is 0 Å². The highest BCUT2D eigenvalue weighted by molar-refractivity contribution is 9.08. The maximum Gasteiger partial charge on any atom is 0.307 e. The largest absolute Gasteiger partial charge is 0.479 e. The molecule has 0 N–H and O–H groups in total. The molecule has 1 heterocycles. The van der Waals surface area contributed by atoms with Crippen molar-refractivity contribution in [2.45, 2.75) is 57.4 Å². The number of rotatable bonds is 6. The van der Waals surface area contributed by atoms with Crippen molar-refractivity contribution < 1.29 is 42.9 Å². The number of hydrogen-bond donors (Lipinski definition) is 0. The molecule has 33 heavy (non-hydrogen) atoms. The van der Waals surface area contributed by atoms with Crippen LogP contribution in [0, 0.1) is 11.3 Å². The van der Waals surface area contributed by atoms with Crippen molar-refractivity contribution in [2.24, 2.45) is 0 Å². The third-order valence-corrected chi connectivity index (χ3v) is 5.03. The summed E-state index contributed by atoms with van der Waals surface area (Å²) in [6, 6.07) is 6.89. The second-order valence-corrected chi connectivity index (χ2v) is 7.57. The van der Waals surface area contributed by atoms with E-state index in [-0.39, 0.29) is 5.76 Å². The monoisotopic (exact) mass is 523 g/mol. The number of ether oxygens (including phenoxy) is 5. The summed E-state index contributed by atoms with van der Waals surface area (Å²) in [6.07, 6.45) is -4.03. The van der Waals surface area contributed by atoms with Gasteiger partial charge in [-0.25, -0.2) is 0 Å². The lowest BCUT2D eigenvalue weighted by atomic mass is 9.91. The van der Waals surface area contributed by atoms with E-state index in [1.54, 1.807) is 18.2 Å². The van der Waals surface area contributed by atoms with E-state index in [1.165, 1.54) is 0 Å². The second-order valence-electron chi connectivity index (χ2n) is 7.01. The molecule has 0 radical (unpaired) electrons. The van der Waals surface area contributed by atoms with Crippen molar-refractivity contribution in [3.8, 4) is 6.07 Å². The number of halogens is 1. The van der Waals surface area contributed by atoms with Crippen LogP contribution in [0.4, 0.5) is 0 Å². The number of carbonyl (C=O) groups excluding carboxylic acids is 4. The van der Waals surface area contributed by atoms with Gasteiger partial charge < -0.3 is 23.7 Å². The first-order valence-electron chi connectivity index (χ1n) is 9.71. The Labute approximate surface area is 198 Å². The topological polar surface area (TPSA) is 138 Å². The van der Waals surface area contributed by atoms with Gasteiger partial charge in [-0.3, -0.25) is 19.2 Å². The van der Waals surface area contributed by atoms with Crippen molar-refractivity contribution in [2.75, 3.05) is 0 Å². The zero-order valence-corrected chi connectivity index (χ0v) is 19.9. The van der Waals surface area contributed by atoms with E-state index in [4.69, 9.17) is 23.7 Å². The SMILES string of the molecule is CC(=O)O/C=C1/O[C@@H](c2ccc(C#N)c(CBr)c2)[C@H](OC(C)=O)[C@@H](OC(C)=O)[C@@H]1OC(C)=O. The van der Waals surface area contributed by atoms with Gasteiger partial charge >= 0.3 is 23.9 Å². The second kappa shape index (κ2) is 11.5. The van der Waals surface area contributed by atoms with Crippen LogP contribution < -0.4 is 0 Å². The van der Waals surface area contributed by atoms with Gasteiger partial charge in [0.05, 0.1) is 11.6 Å². The number of benzene rings is 1. The first kappa shape index (κ1) is 25.9. The van der Waals surface area contributed by atoms with Crippen LogP contribution in [0.5, 0.6) is 0 Å². The van der Waals surface area contributed by atoms with Crippen molar-refractivity contribution in [3.05, 3.63) is 46.9 Å². The predicted molar refractivity (Wildman–Crippen MR) is 114 cm³/mol. The highest BCUT2D eigenvalue weighted by Gasteiger charge is 2.51. The van der Waals surface area contributed by atoms with Gasteiger partial charge in [0.2, 0.25) is 6.10 Å². The molecule has 2 rings (SSSR count). The van der Waals surface area contributed by atoms with Gasteiger partial charge in [-0.1, -0.05) is 22.0 Å². The van der Waals surface area contributed by atoms with Crippen LogP contribution in [0.15, 0.2) is 30.2 Å². The molecule has 1 fully saturated rings. The molecule has 1 saturated heterocycles. The minimum atomic E-state index is -1.36. The maximum atomic E-state index is 11.9. The van der Waals surface area contributed by atoms with Crippen LogP contribution in [-0.4, -0.2) is 42.2 Å². The van der Waals surface area contributed by atoms with Crippen LogP contribution >= 0.6 is 15.9 Å².